The van der Waals surface area contributed by atoms with E-state index in [-0.39, 0.29) is 18.2 Å². The van der Waals surface area contributed by atoms with Crippen molar-refractivity contribution in [2.75, 3.05) is 18.1 Å². The number of ether oxygens (including phenoxy) is 1. The van der Waals surface area contributed by atoms with Gasteiger partial charge in [-0.2, -0.15) is 0 Å². The van der Waals surface area contributed by atoms with Gasteiger partial charge in [0, 0.05) is 6.07 Å². The number of carbonyl (C=O) groups excluding carboxylic acids is 1. The Bertz CT molecular complexity index is 476. The molecule has 2 atom stereocenters. The number of carbonyl (C=O) groups is 1. The van der Waals surface area contributed by atoms with Gasteiger partial charge in [-0.05, 0) is 18.6 Å². The number of β-amino-alcohol motifs (C(OH)–C–C–N with tert-alkyl or cyclic N) is 1. The van der Waals surface area contributed by atoms with E-state index in [2.05, 4.69) is 0 Å². The minimum atomic E-state index is -1.03. The number of hydrogen-bond donors (Lipinski definition) is 3. The van der Waals surface area contributed by atoms with Crippen LogP contribution in [0.15, 0.2) is 18.2 Å². The van der Waals surface area contributed by atoms with Crippen LogP contribution in [0.1, 0.15) is 13.3 Å². The predicted octanol–water partition coefficient (Wildman–Crippen LogP) is 0.249. The number of aliphatic hydroxyl groups excluding tert-OH is 2. The van der Waals surface area contributed by atoms with Crippen LogP contribution in [0.25, 0.3) is 0 Å². The van der Waals surface area contributed by atoms with E-state index >= 15 is 0 Å². The summed E-state index contributed by atoms with van der Waals surface area (Å²) in [5.74, 6) is 0.205. The summed E-state index contributed by atoms with van der Waals surface area (Å²) in [6, 6.07) is 4.46. The molecule has 6 heteroatoms. The first-order chi connectivity index (χ1) is 9.06. The van der Waals surface area contributed by atoms with Crippen LogP contribution in [0.4, 0.5) is 5.69 Å². The van der Waals surface area contributed by atoms with Crippen molar-refractivity contribution < 1.29 is 24.9 Å². The van der Waals surface area contributed by atoms with E-state index < -0.39 is 18.8 Å². The van der Waals surface area contributed by atoms with Crippen molar-refractivity contribution in [3.8, 4) is 11.5 Å². The first-order valence-corrected chi connectivity index (χ1v) is 6.16. The molecule has 2 unspecified atom stereocenters. The van der Waals surface area contributed by atoms with Crippen LogP contribution in [0.5, 0.6) is 11.5 Å². The predicted molar refractivity (Wildman–Crippen MR) is 68.3 cm³/mol. The molecule has 1 heterocycles. The van der Waals surface area contributed by atoms with Gasteiger partial charge in [0.15, 0.2) is 6.10 Å². The highest BCUT2D eigenvalue weighted by Crippen LogP contribution is 2.37. The molecule has 104 valence electrons. The van der Waals surface area contributed by atoms with Crippen molar-refractivity contribution in [3.05, 3.63) is 18.2 Å². The largest absolute Gasteiger partial charge is 0.508 e. The monoisotopic (exact) mass is 267 g/mol. The van der Waals surface area contributed by atoms with Crippen molar-refractivity contribution in [1.29, 1.82) is 0 Å². The fourth-order valence-corrected chi connectivity index (χ4v) is 2.03. The summed E-state index contributed by atoms with van der Waals surface area (Å²) >= 11 is 0. The van der Waals surface area contributed by atoms with Gasteiger partial charge in [0.05, 0.1) is 24.9 Å². The van der Waals surface area contributed by atoms with Crippen LogP contribution in [-0.4, -0.2) is 46.6 Å². The lowest BCUT2D eigenvalue weighted by Crippen LogP contribution is -2.49. The molecule has 19 heavy (non-hydrogen) atoms. The molecule has 3 N–H and O–H groups in total. The maximum absolute atomic E-state index is 12.2. The molecule has 0 bridgehead atoms. The summed E-state index contributed by atoms with van der Waals surface area (Å²) in [5, 5.41) is 27.9. The molecule has 1 aromatic rings. The van der Waals surface area contributed by atoms with Gasteiger partial charge in [-0.3, -0.25) is 4.79 Å². The lowest BCUT2D eigenvalue weighted by Gasteiger charge is -2.34. The molecule has 0 saturated carbocycles. The molecular weight excluding hydrogens is 250 g/mol. The number of rotatable bonds is 4. The number of hydrogen-bond acceptors (Lipinski definition) is 5. The number of anilines is 1. The van der Waals surface area contributed by atoms with Crippen LogP contribution in [0.2, 0.25) is 0 Å². The average Bonchev–Trinajstić information content (AvgIpc) is 2.41. The number of nitrogens with zero attached hydrogens (tertiary/aromatic N) is 1. The summed E-state index contributed by atoms with van der Waals surface area (Å²) in [4.78, 5) is 13.5. The number of fused-ring (bicyclic) bond motifs is 1. The van der Waals surface area contributed by atoms with Crippen LogP contribution < -0.4 is 9.64 Å². The highest BCUT2D eigenvalue weighted by Gasteiger charge is 2.34. The molecule has 1 aliphatic rings. The lowest BCUT2D eigenvalue weighted by atomic mass is 10.1. The number of phenolic OH excluding ortho intramolecular Hbond substituents is 1. The molecule has 0 radical (unpaired) electrons. The molecule has 1 aliphatic heterocycles. The third-order valence-electron chi connectivity index (χ3n) is 3.02. The van der Waals surface area contributed by atoms with Gasteiger partial charge in [-0.1, -0.05) is 6.92 Å². The Morgan fingerprint density at radius 3 is 2.84 bits per heavy atom. The van der Waals surface area contributed by atoms with Crippen molar-refractivity contribution in [2.45, 2.75) is 25.6 Å². The number of aliphatic hydroxyl groups is 2. The van der Waals surface area contributed by atoms with Gasteiger partial charge in [-0.15, -0.1) is 0 Å². The second kappa shape index (κ2) is 5.46. The van der Waals surface area contributed by atoms with E-state index in [0.717, 1.165) is 0 Å². The van der Waals surface area contributed by atoms with Crippen molar-refractivity contribution in [3.63, 3.8) is 0 Å². The Balaban J connectivity index is 2.38. The first-order valence-electron chi connectivity index (χ1n) is 6.16. The fourth-order valence-electron chi connectivity index (χ4n) is 2.03. The van der Waals surface area contributed by atoms with Crippen LogP contribution in [0.3, 0.4) is 0 Å². The van der Waals surface area contributed by atoms with Crippen LogP contribution in [0, 0.1) is 0 Å². The SMILES string of the molecule is CCC1Oc2ccc(O)cc2N(CC(O)CO)C1=O. The lowest BCUT2D eigenvalue weighted by molar-refractivity contribution is -0.126. The summed E-state index contributed by atoms with van der Waals surface area (Å²) in [6.07, 6.45) is -1.14. The van der Waals surface area contributed by atoms with Gasteiger partial charge in [0.1, 0.15) is 11.5 Å². The molecule has 0 aliphatic carbocycles. The van der Waals surface area contributed by atoms with Gasteiger partial charge in [0.25, 0.3) is 5.91 Å². The average molecular weight is 267 g/mol. The smallest absolute Gasteiger partial charge is 0.268 e. The second-order valence-electron chi connectivity index (χ2n) is 4.45. The minimum absolute atomic E-state index is 0.00795. The molecule has 2 rings (SSSR count). The number of amides is 1. The van der Waals surface area contributed by atoms with E-state index in [9.17, 15) is 15.0 Å². The normalized spacial score (nSPS) is 19.8. The molecule has 0 fully saturated rings. The fraction of sp³-hybridized carbons (Fsp3) is 0.462. The third kappa shape index (κ3) is 2.64. The topological polar surface area (TPSA) is 90.2 Å². The number of benzene rings is 1. The molecule has 0 aromatic heterocycles. The Kier molecular flexibility index (Phi) is 3.92. The maximum Gasteiger partial charge on any atom is 0.268 e. The molecule has 0 spiro atoms. The molecular formula is C13H17NO5. The van der Waals surface area contributed by atoms with E-state index in [0.29, 0.717) is 17.9 Å². The zero-order valence-electron chi connectivity index (χ0n) is 10.6. The van der Waals surface area contributed by atoms with Crippen molar-refractivity contribution in [2.24, 2.45) is 0 Å². The van der Waals surface area contributed by atoms with Gasteiger partial charge >= 0.3 is 0 Å². The summed E-state index contributed by atoms with van der Waals surface area (Å²) < 4.78 is 5.55. The molecule has 6 nitrogen and oxygen atoms in total. The zero-order valence-corrected chi connectivity index (χ0v) is 10.6. The van der Waals surface area contributed by atoms with E-state index in [1.807, 2.05) is 6.92 Å². The Labute approximate surface area is 110 Å². The van der Waals surface area contributed by atoms with Gasteiger partial charge in [0.2, 0.25) is 0 Å². The molecule has 0 saturated heterocycles. The van der Waals surface area contributed by atoms with E-state index in [4.69, 9.17) is 9.84 Å². The summed E-state index contributed by atoms with van der Waals surface area (Å²) in [5.41, 5.74) is 0.405. The van der Waals surface area contributed by atoms with Crippen molar-refractivity contribution >= 4 is 11.6 Å². The molecule has 1 aromatic carbocycles. The van der Waals surface area contributed by atoms with E-state index in [1.165, 1.54) is 17.0 Å². The van der Waals surface area contributed by atoms with Crippen molar-refractivity contribution in [1.82, 2.24) is 0 Å². The Morgan fingerprint density at radius 2 is 2.21 bits per heavy atom. The van der Waals surface area contributed by atoms with E-state index in [1.54, 1.807) is 6.07 Å². The zero-order chi connectivity index (χ0) is 14.0. The van der Waals surface area contributed by atoms with Gasteiger partial charge in [-0.25, -0.2) is 0 Å². The van der Waals surface area contributed by atoms with Crippen LogP contribution >= 0.6 is 0 Å². The summed E-state index contributed by atoms with van der Waals surface area (Å²) in [7, 11) is 0. The Hall–Kier alpha value is -1.79. The highest BCUT2D eigenvalue weighted by molar-refractivity contribution is 6.00. The minimum Gasteiger partial charge on any atom is -0.508 e. The quantitative estimate of drug-likeness (QED) is 0.727. The second-order valence-corrected chi connectivity index (χ2v) is 4.45. The van der Waals surface area contributed by atoms with Gasteiger partial charge < -0.3 is 25.0 Å². The molecule has 1 amide bonds. The summed E-state index contributed by atoms with van der Waals surface area (Å²) in [6.45, 7) is 1.36. The maximum atomic E-state index is 12.2. The Morgan fingerprint density at radius 1 is 1.47 bits per heavy atom. The highest BCUT2D eigenvalue weighted by atomic mass is 16.5. The van der Waals surface area contributed by atoms with Crippen LogP contribution in [-0.2, 0) is 4.79 Å². The third-order valence-corrected chi connectivity index (χ3v) is 3.02. The number of aromatic hydroxyl groups is 1. The first kappa shape index (κ1) is 13.6. The number of phenols is 1. The standard InChI is InChI=1S/C13H17NO5/c1-2-11-13(18)14(6-9(17)7-15)10-5-8(16)3-4-12(10)19-11/h3-5,9,11,15-17H,2,6-7H2,1H3.